The molecule has 8 nitrogen and oxygen atoms in total. The zero-order valence-electron chi connectivity index (χ0n) is 14.1. The number of benzene rings is 2. The monoisotopic (exact) mass is 398 g/mol. The summed E-state index contributed by atoms with van der Waals surface area (Å²) in [5.41, 5.74) is 1.28. The summed E-state index contributed by atoms with van der Waals surface area (Å²) in [7, 11) is -7.56. The molecule has 0 aliphatic rings. The van der Waals surface area contributed by atoms with Crippen molar-refractivity contribution in [2.75, 3.05) is 11.6 Å². The van der Waals surface area contributed by atoms with E-state index >= 15 is 0 Å². The first kappa shape index (κ1) is 20.0. The van der Waals surface area contributed by atoms with Gasteiger partial charge < -0.3 is 5.32 Å². The van der Waals surface area contributed by atoms with Gasteiger partial charge in [-0.3, -0.25) is 9.63 Å². The van der Waals surface area contributed by atoms with Crippen LogP contribution in [-0.4, -0.2) is 29.0 Å². The molecule has 2 aromatic rings. The van der Waals surface area contributed by atoms with Crippen LogP contribution in [0.25, 0.3) is 0 Å². The van der Waals surface area contributed by atoms with Crippen LogP contribution >= 0.6 is 0 Å². The number of rotatable bonds is 7. The van der Waals surface area contributed by atoms with Gasteiger partial charge in [0.15, 0.2) is 9.84 Å². The lowest BCUT2D eigenvalue weighted by molar-refractivity contribution is -0.114. The molecule has 2 rings (SSSR count). The van der Waals surface area contributed by atoms with Gasteiger partial charge in [0.1, 0.15) is 0 Å². The van der Waals surface area contributed by atoms with Crippen molar-refractivity contribution in [3.05, 3.63) is 54.1 Å². The van der Waals surface area contributed by atoms with Crippen molar-refractivity contribution >= 4 is 31.5 Å². The molecule has 26 heavy (non-hydrogen) atoms. The van der Waals surface area contributed by atoms with Crippen LogP contribution in [0.15, 0.2) is 58.3 Å². The van der Waals surface area contributed by atoms with Gasteiger partial charge in [-0.25, -0.2) is 16.8 Å². The molecule has 1 amide bonds. The zero-order valence-corrected chi connectivity index (χ0v) is 15.7. The van der Waals surface area contributed by atoms with Crippen LogP contribution in [0.3, 0.4) is 0 Å². The molecule has 2 N–H and O–H groups in total. The van der Waals surface area contributed by atoms with E-state index in [1.807, 2.05) is 4.89 Å². The second-order valence-electron chi connectivity index (χ2n) is 5.50. The second kappa shape index (κ2) is 7.96. The number of hydrogen-bond donors (Lipinski definition) is 2. The number of carbonyl (C=O) groups excluding carboxylic acids is 1. The van der Waals surface area contributed by atoms with Crippen LogP contribution in [0.2, 0.25) is 0 Å². The smallest absolute Gasteiger partial charge is 0.262 e. The van der Waals surface area contributed by atoms with Gasteiger partial charge in [0.25, 0.3) is 10.0 Å². The SMILES string of the molecule is CC(=O)Nc1ccc(CONS(=O)(=O)c2cccc(S(C)(=O)=O)c2)cc1. The van der Waals surface area contributed by atoms with E-state index < -0.39 is 19.9 Å². The van der Waals surface area contributed by atoms with E-state index in [1.165, 1.54) is 25.1 Å². The first-order chi connectivity index (χ1) is 12.1. The zero-order chi connectivity index (χ0) is 19.4. The third-order valence-corrected chi connectivity index (χ3v) is 5.55. The van der Waals surface area contributed by atoms with E-state index in [9.17, 15) is 21.6 Å². The number of sulfonamides is 1. The van der Waals surface area contributed by atoms with Gasteiger partial charge in [0.05, 0.1) is 16.4 Å². The lowest BCUT2D eigenvalue weighted by Gasteiger charge is -2.09. The van der Waals surface area contributed by atoms with Crippen molar-refractivity contribution in [3.8, 4) is 0 Å². The van der Waals surface area contributed by atoms with E-state index in [0.717, 1.165) is 12.3 Å². The van der Waals surface area contributed by atoms with E-state index in [2.05, 4.69) is 5.32 Å². The van der Waals surface area contributed by atoms with Crippen molar-refractivity contribution in [3.63, 3.8) is 0 Å². The molecule has 10 heteroatoms. The standard InChI is InChI=1S/C16H18N2O6S2/c1-12(19)17-14-8-6-13(7-9-14)11-24-18-26(22,23)16-5-3-4-15(10-16)25(2,20)21/h3-10,18H,11H2,1-2H3,(H,17,19). The van der Waals surface area contributed by atoms with Gasteiger partial charge >= 0.3 is 0 Å². The Balaban J connectivity index is 2.01. The van der Waals surface area contributed by atoms with E-state index in [-0.39, 0.29) is 22.3 Å². The summed E-state index contributed by atoms with van der Waals surface area (Å²) in [6.45, 7) is 1.34. The molecule has 0 unspecified atom stereocenters. The Morgan fingerprint density at radius 1 is 1.00 bits per heavy atom. The number of carbonyl (C=O) groups is 1. The molecule has 140 valence electrons. The Labute approximate surface area is 152 Å². The average Bonchev–Trinajstić information content (AvgIpc) is 2.55. The number of anilines is 1. The second-order valence-corrected chi connectivity index (χ2v) is 9.16. The molecular weight excluding hydrogens is 380 g/mol. The van der Waals surface area contributed by atoms with Crippen LogP contribution in [0.5, 0.6) is 0 Å². The number of amides is 1. The van der Waals surface area contributed by atoms with Gasteiger partial charge in [0, 0.05) is 18.9 Å². The topological polar surface area (TPSA) is 119 Å². The fraction of sp³-hybridized carbons (Fsp3) is 0.188. The Morgan fingerprint density at radius 3 is 2.19 bits per heavy atom. The Morgan fingerprint density at radius 2 is 1.62 bits per heavy atom. The summed E-state index contributed by atoms with van der Waals surface area (Å²) < 4.78 is 47.5. The van der Waals surface area contributed by atoms with Gasteiger partial charge in [-0.05, 0) is 35.9 Å². The van der Waals surface area contributed by atoms with Crippen LogP contribution in [0, 0.1) is 0 Å². The minimum absolute atomic E-state index is 0.0502. The molecule has 0 aromatic heterocycles. The maximum Gasteiger partial charge on any atom is 0.262 e. The number of hydrogen-bond acceptors (Lipinski definition) is 6. The molecule has 0 bridgehead atoms. The van der Waals surface area contributed by atoms with Gasteiger partial charge in [-0.2, -0.15) is 0 Å². The normalized spacial score (nSPS) is 11.9. The van der Waals surface area contributed by atoms with Crippen molar-refractivity contribution in [2.45, 2.75) is 23.3 Å². The van der Waals surface area contributed by atoms with Gasteiger partial charge in [-0.15, -0.1) is 0 Å². The summed E-state index contributed by atoms with van der Waals surface area (Å²) in [4.78, 5) is 17.6. The van der Waals surface area contributed by atoms with Crippen LogP contribution in [0.4, 0.5) is 5.69 Å². The molecule has 0 atom stereocenters. The fourth-order valence-corrected chi connectivity index (χ4v) is 3.59. The van der Waals surface area contributed by atoms with Crippen molar-refractivity contribution in [1.29, 1.82) is 0 Å². The molecule has 0 aliphatic carbocycles. The highest BCUT2D eigenvalue weighted by molar-refractivity contribution is 7.91. The molecule has 2 aromatic carbocycles. The highest BCUT2D eigenvalue weighted by atomic mass is 32.2. The van der Waals surface area contributed by atoms with E-state index in [0.29, 0.717) is 11.3 Å². The van der Waals surface area contributed by atoms with Gasteiger partial charge in [-0.1, -0.05) is 23.1 Å². The first-order valence-electron chi connectivity index (χ1n) is 7.38. The number of sulfone groups is 1. The van der Waals surface area contributed by atoms with Crippen molar-refractivity contribution in [2.24, 2.45) is 0 Å². The average molecular weight is 398 g/mol. The molecule has 0 fully saturated rings. The molecule has 0 spiro atoms. The van der Waals surface area contributed by atoms with Crippen LogP contribution < -0.4 is 10.2 Å². The van der Waals surface area contributed by atoms with Crippen LogP contribution in [0.1, 0.15) is 12.5 Å². The third-order valence-electron chi connectivity index (χ3n) is 3.23. The lowest BCUT2D eigenvalue weighted by atomic mass is 10.2. The molecule has 0 saturated carbocycles. The van der Waals surface area contributed by atoms with E-state index in [1.54, 1.807) is 24.3 Å². The summed E-state index contributed by atoms with van der Waals surface area (Å²) in [6.07, 6.45) is 0.993. The summed E-state index contributed by atoms with van der Waals surface area (Å²) in [5, 5.41) is 2.61. The largest absolute Gasteiger partial charge is 0.326 e. The maximum absolute atomic E-state index is 12.2. The Bertz CT molecular complexity index is 999. The molecule has 0 heterocycles. The molecule has 0 radical (unpaired) electrons. The quantitative estimate of drug-likeness (QED) is 0.682. The summed E-state index contributed by atoms with van der Waals surface area (Å²) in [5.74, 6) is -0.196. The minimum atomic E-state index is -4.03. The van der Waals surface area contributed by atoms with E-state index in [4.69, 9.17) is 4.84 Å². The molecule has 0 saturated heterocycles. The van der Waals surface area contributed by atoms with Crippen molar-refractivity contribution < 1.29 is 26.5 Å². The van der Waals surface area contributed by atoms with Gasteiger partial charge in [0.2, 0.25) is 5.91 Å². The molecular formula is C16H18N2O6S2. The predicted octanol–water partition coefficient (Wildman–Crippen LogP) is 1.46. The summed E-state index contributed by atoms with van der Waals surface area (Å²) >= 11 is 0. The number of nitrogens with one attached hydrogen (secondary N) is 2. The highest BCUT2D eigenvalue weighted by Gasteiger charge is 2.17. The first-order valence-corrected chi connectivity index (χ1v) is 10.8. The third kappa shape index (κ3) is 5.63. The van der Waals surface area contributed by atoms with Crippen LogP contribution in [-0.2, 0) is 36.1 Å². The highest BCUT2D eigenvalue weighted by Crippen LogP contribution is 2.16. The van der Waals surface area contributed by atoms with Crippen molar-refractivity contribution in [1.82, 2.24) is 4.89 Å². The fourth-order valence-electron chi connectivity index (χ4n) is 2.00. The summed E-state index contributed by atoms with van der Waals surface area (Å²) in [6, 6.07) is 11.6. The Hall–Kier alpha value is -2.27. The predicted molar refractivity (Wildman–Crippen MR) is 95.4 cm³/mol. The Kier molecular flexibility index (Phi) is 6.13. The lowest BCUT2D eigenvalue weighted by Crippen LogP contribution is -2.24. The minimum Gasteiger partial charge on any atom is -0.326 e. The maximum atomic E-state index is 12.2. The molecule has 0 aliphatic heterocycles.